The average Bonchev–Trinajstić information content (AvgIpc) is 2.94. The van der Waals surface area contributed by atoms with Gasteiger partial charge in [0.25, 0.3) is 0 Å². The number of hydrogen-bond acceptors (Lipinski definition) is 2. The van der Waals surface area contributed by atoms with Gasteiger partial charge in [-0.15, -0.1) is 0 Å². The molecule has 0 atom stereocenters. The molecule has 3 aromatic rings. The van der Waals surface area contributed by atoms with E-state index in [2.05, 4.69) is 15.2 Å². The molecule has 0 fully saturated rings. The predicted octanol–water partition coefficient (Wildman–Crippen LogP) is 2.77. The molecule has 17 heavy (non-hydrogen) atoms. The monoisotopic (exact) mass is 220 g/mol. The topological polar surface area (TPSA) is 39.9 Å². The zero-order valence-electron chi connectivity index (χ0n) is 9.12. The second-order valence-electron chi connectivity index (χ2n) is 3.69. The van der Waals surface area contributed by atoms with E-state index in [0.717, 1.165) is 22.6 Å². The second-order valence-corrected chi connectivity index (χ2v) is 3.69. The molecule has 0 amide bonds. The molecule has 0 aliphatic rings. The summed E-state index contributed by atoms with van der Waals surface area (Å²) >= 11 is 0. The number of nitrogens with zero attached hydrogens (tertiary/aromatic N) is 3. The van der Waals surface area contributed by atoms with E-state index in [1.807, 2.05) is 54.6 Å². The molecule has 0 aliphatic heterocycles. The van der Waals surface area contributed by atoms with Gasteiger partial charge in [0, 0.05) is 5.56 Å². The minimum Gasteiger partial charge on any atom is -0.581 e. The number of aromatic nitrogens is 3. The lowest BCUT2D eigenvalue weighted by atomic mass is 10.1. The van der Waals surface area contributed by atoms with Crippen LogP contribution in [0.2, 0.25) is 0 Å². The van der Waals surface area contributed by atoms with Crippen LogP contribution in [0.5, 0.6) is 0 Å². The fourth-order valence-corrected chi connectivity index (χ4v) is 1.72. The van der Waals surface area contributed by atoms with E-state index >= 15 is 0 Å². The molecule has 3 heteroatoms. The number of benzene rings is 1. The smallest absolute Gasteiger partial charge is 0.0875 e. The molecule has 82 valence electrons. The zero-order chi connectivity index (χ0) is 11.5. The van der Waals surface area contributed by atoms with E-state index in [-0.39, 0.29) is 0 Å². The molecule has 1 aromatic carbocycles. The first-order valence-electron chi connectivity index (χ1n) is 5.41. The van der Waals surface area contributed by atoms with Crippen molar-refractivity contribution in [3.63, 3.8) is 0 Å². The number of rotatable bonds is 2. The minimum atomic E-state index is 0.808. The molecule has 2 aromatic heterocycles. The summed E-state index contributed by atoms with van der Waals surface area (Å²) in [4.78, 5) is 4.58. The van der Waals surface area contributed by atoms with Gasteiger partial charge in [-0.1, -0.05) is 42.5 Å². The van der Waals surface area contributed by atoms with Crippen LogP contribution in [0.1, 0.15) is 0 Å². The predicted molar refractivity (Wildman–Crippen MR) is 66.2 cm³/mol. The molecule has 3 nitrogen and oxygen atoms in total. The first-order chi connectivity index (χ1) is 8.43. The van der Waals surface area contributed by atoms with Crippen molar-refractivity contribution in [1.82, 2.24) is 15.2 Å². The first kappa shape index (κ1) is 9.78. The molecule has 0 saturated carbocycles. The van der Waals surface area contributed by atoms with Crippen molar-refractivity contribution in [3.8, 4) is 22.6 Å². The summed E-state index contributed by atoms with van der Waals surface area (Å²) in [6.45, 7) is 0. The van der Waals surface area contributed by atoms with Crippen molar-refractivity contribution in [3.05, 3.63) is 60.8 Å². The highest BCUT2D eigenvalue weighted by Crippen LogP contribution is 2.20. The Hall–Kier alpha value is -2.42. The van der Waals surface area contributed by atoms with Crippen molar-refractivity contribution in [2.75, 3.05) is 0 Å². The van der Waals surface area contributed by atoms with Gasteiger partial charge in [0.15, 0.2) is 0 Å². The van der Waals surface area contributed by atoms with Crippen LogP contribution in [0.3, 0.4) is 0 Å². The quantitative estimate of drug-likeness (QED) is 0.666. The van der Waals surface area contributed by atoms with E-state index in [1.165, 1.54) is 0 Å². The van der Waals surface area contributed by atoms with Crippen molar-refractivity contribution < 1.29 is 0 Å². The maximum Gasteiger partial charge on any atom is 0.0875 e. The van der Waals surface area contributed by atoms with Crippen LogP contribution in [-0.2, 0) is 0 Å². The zero-order valence-corrected chi connectivity index (χ0v) is 9.12. The Morgan fingerprint density at radius 2 is 1.53 bits per heavy atom. The van der Waals surface area contributed by atoms with Crippen molar-refractivity contribution in [2.24, 2.45) is 0 Å². The molecular formula is C14H10N3-. The molecule has 0 aliphatic carbocycles. The van der Waals surface area contributed by atoms with E-state index in [0.29, 0.717) is 0 Å². The van der Waals surface area contributed by atoms with Gasteiger partial charge in [-0.2, -0.15) is 6.20 Å². The van der Waals surface area contributed by atoms with Crippen LogP contribution >= 0.6 is 0 Å². The lowest BCUT2D eigenvalue weighted by Crippen LogP contribution is -1.88. The summed E-state index contributed by atoms with van der Waals surface area (Å²) in [5.74, 6) is 0. The maximum atomic E-state index is 4.58. The van der Waals surface area contributed by atoms with Crippen LogP contribution in [0.25, 0.3) is 22.6 Å². The number of pyridine rings is 1. The van der Waals surface area contributed by atoms with E-state index < -0.39 is 0 Å². The Morgan fingerprint density at radius 3 is 2.29 bits per heavy atom. The summed E-state index contributed by atoms with van der Waals surface area (Å²) in [6, 6.07) is 17.9. The largest absolute Gasteiger partial charge is 0.581 e. The Balaban J connectivity index is 2.06. The Bertz CT molecular complexity index is 600. The van der Waals surface area contributed by atoms with Crippen molar-refractivity contribution in [2.45, 2.75) is 0 Å². The van der Waals surface area contributed by atoms with Crippen molar-refractivity contribution in [1.29, 1.82) is 0 Å². The second kappa shape index (κ2) is 4.22. The van der Waals surface area contributed by atoms with Crippen LogP contribution in [0.15, 0.2) is 60.8 Å². The Morgan fingerprint density at radius 1 is 0.706 bits per heavy atom. The average molecular weight is 220 g/mol. The fourth-order valence-electron chi connectivity index (χ4n) is 1.72. The Labute approximate surface area is 99.2 Å². The molecule has 2 heterocycles. The van der Waals surface area contributed by atoms with E-state index in [9.17, 15) is 0 Å². The summed E-state index contributed by atoms with van der Waals surface area (Å²) in [5, 5.41) is 7.82. The molecule has 0 N–H and O–H groups in total. The normalized spacial score (nSPS) is 10.4. The Kier molecular flexibility index (Phi) is 2.43. The molecule has 0 radical (unpaired) electrons. The molecule has 3 rings (SSSR count). The van der Waals surface area contributed by atoms with Gasteiger partial charge in [0.05, 0.1) is 17.1 Å². The van der Waals surface area contributed by atoms with Crippen LogP contribution < -0.4 is 5.10 Å². The highest BCUT2D eigenvalue weighted by atomic mass is 15.1. The minimum absolute atomic E-state index is 0.808. The maximum absolute atomic E-state index is 4.58. The summed E-state index contributed by atoms with van der Waals surface area (Å²) < 4.78 is 0. The van der Waals surface area contributed by atoms with Gasteiger partial charge < -0.3 is 10.2 Å². The summed E-state index contributed by atoms with van der Waals surface area (Å²) in [5.41, 5.74) is 3.71. The molecular weight excluding hydrogens is 210 g/mol. The van der Waals surface area contributed by atoms with E-state index in [1.54, 1.807) is 6.20 Å². The number of hydrogen-bond donors (Lipinski definition) is 0. The van der Waals surface area contributed by atoms with Gasteiger partial charge in [0.2, 0.25) is 0 Å². The highest BCUT2D eigenvalue weighted by Gasteiger charge is 2.01. The van der Waals surface area contributed by atoms with Crippen LogP contribution in [0.4, 0.5) is 0 Å². The lowest BCUT2D eigenvalue weighted by Gasteiger charge is -2.03. The molecule has 0 saturated heterocycles. The molecule has 0 bridgehead atoms. The summed E-state index contributed by atoms with van der Waals surface area (Å²) in [6.07, 6.45) is 1.67. The third-order valence-electron chi connectivity index (χ3n) is 2.55. The first-order valence-corrected chi connectivity index (χ1v) is 5.41. The van der Waals surface area contributed by atoms with Gasteiger partial charge in [-0.3, -0.25) is 0 Å². The summed E-state index contributed by atoms with van der Waals surface area (Å²) in [7, 11) is 0. The van der Waals surface area contributed by atoms with Crippen LogP contribution in [0, 0.1) is 0 Å². The molecule has 0 unspecified atom stereocenters. The standard InChI is InChI=1S/C14H10N3/c1-2-5-11(6-3-1)12-7-4-8-13(16-12)14-9-10-15-17-14/h1-10H/q-1. The van der Waals surface area contributed by atoms with Gasteiger partial charge in [-0.05, 0) is 12.1 Å². The third-order valence-corrected chi connectivity index (χ3v) is 2.55. The fraction of sp³-hybridized carbons (Fsp3) is 0. The lowest BCUT2D eigenvalue weighted by molar-refractivity contribution is 1.06. The highest BCUT2D eigenvalue weighted by molar-refractivity contribution is 5.63. The SMILES string of the molecule is c1ccc(-c2cccc(-c3cc[n-]n3)n2)cc1. The van der Waals surface area contributed by atoms with E-state index in [4.69, 9.17) is 0 Å². The van der Waals surface area contributed by atoms with Gasteiger partial charge in [-0.25, -0.2) is 4.98 Å². The van der Waals surface area contributed by atoms with Crippen molar-refractivity contribution >= 4 is 0 Å². The van der Waals surface area contributed by atoms with Gasteiger partial charge >= 0.3 is 0 Å². The molecule has 0 spiro atoms. The van der Waals surface area contributed by atoms with Crippen LogP contribution in [-0.4, -0.2) is 10.1 Å². The van der Waals surface area contributed by atoms with Gasteiger partial charge in [0.1, 0.15) is 0 Å². The third kappa shape index (κ3) is 1.95.